The van der Waals surface area contributed by atoms with Crippen LogP contribution in [-0.4, -0.2) is 24.1 Å². The van der Waals surface area contributed by atoms with Gasteiger partial charge in [0.1, 0.15) is 15.6 Å². The summed E-state index contributed by atoms with van der Waals surface area (Å²) < 4.78 is 62.5. The Labute approximate surface area is 162 Å². The lowest BCUT2D eigenvalue weighted by atomic mass is 10.2. The Balaban J connectivity index is 1.69. The average Bonchev–Trinajstić information content (AvgIpc) is 3.23. The normalized spacial score (nSPS) is 19.0. The molecule has 148 valence electrons. The number of hydrogen-bond donors (Lipinski definition) is 5. The average molecular weight is 426 g/mol. The van der Waals surface area contributed by atoms with E-state index in [1.54, 1.807) is 0 Å². The van der Waals surface area contributed by atoms with Crippen molar-refractivity contribution in [3.63, 3.8) is 0 Å². The van der Waals surface area contributed by atoms with Gasteiger partial charge >= 0.3 is 0 Å². The number of nitrogens with zero attached hydrogens (tertiary/aromatic N) is 1. The molecule has 5 N–H and O–H groups in total. The number of furan rings is 1. The summed E-state index contributed by atoms with van der Waals surface area (Å²) >= 11 is 0. The zero-order chi connectivity index (χ0) is 20.1. The molecule has 28 heavy (non-hydrogen) atoms. The number of anilines is 2. The summed E-state index contributed by atoms with van der Waals surface area (Å²) in [4.78, 5) is 11.9. The van der Waals surface area contributed by atoms with Crippen LogP contribution in [0.3, 0.4) is 0 Å². The van der Waals surface area contributed by atoms with Crippen molar-refractivity contribution in [2.75, 3.05) is 9.03 Å². The second-order valence-electron chi connectivity index (χ2n) is 5.84. The molecule has 1 aromatic heterocycles. The molecule has 1 aliphatic heterocycles. The zero-order valence-corrected chi connectivity index (χ0v) is 15.7. The highest BCUT2D eigenvalue weighted by Gasteiger charge is 2.47. The van der Waals surface area contributed by atoms with Crippen LogP contribution < -0.4 is 9.03 Å². The maximum absolute atomic E-state index is 14.6. The minimum Gasteiger partial charge on any atom is -0.459 e. The molecule has 0 bridgehead atoms. The van der Waals surface area contributed by atoms with Crippen molar-refractivity contribution < 1.29 is 31.8 Å². The van der Waals surface area contributed by atoms with Crippen LogP contribution in [0.5, 0.6) is 0 Å². The predicted octanol–water partition coefficient (Wildman–Crippen LogP) is 5.24. The van der Waals surface area contributed by atoms with Gasteiger partial charge < -0.3 is 9.73 Å². The van der Waals surface area contributed by atoms with E-state index in [0.29, 0.717) is 3.71 Å². The highest BCUT2D eigenvalue weighted by Crippen LogP contribution is 2.77. The van der Waals surface area contributed by atoms with Crippen LogP contribution in [0.15, 0.2) is 75.1 Å². The summed E-state index contributed by atoms with van der Waals surface area (Å²) in [6.07, 6.45) is 1.30. The molecule has 0 saturated heterocycles. The third kappa shape index (κ3) is 2.85. The van der Waals surface area contributed by atoms with E-state index in [0.717, 1.165) is 6.07 Å². The molecule has 0 atom stereocenters. The molecule has 0 unspecified atom stereocenters. The Kier molecular flexibility index (Phi) is 4.38. The molecule has 0 aliphatic carbocycles. The van der Waals surface area contributed by atoms with Gasteiger partial charge in [-0.1, -0.05) is 33.7 Å². The van der Waals surface area contributed by atoms with E-state index < -0.39 is 33.3 Å². The molecule has 8 nitrogen and oxygen atoms in total. The maximum atomic E-state index is 14.6. The van der Waals surface area contributed by atoms with Gasteiger partial charge in [-0.05, 0) is 36.4 Å². The molecule has 1 amide bonds. The minimum atomic E-state index is -3.79. The first-order valence-corrected chi connectivity index (χ1v) is 10.8. The second-order valence-corrected chi connectivity index (χ2v) is 9.75. The largest absolute Gasteiger partial charge is 0.459 e. The van der Waals surface area contributed by atoms with E-state index in [-0.39, 0.29) is 26.9 Å². The van der Waals surface area contributed by atoms with Gasteiger partial charge in [0.05, 0.1) is 17.6 Å². The van der Waals surface area contributed by atoms with Gasteiger partial charge in [-0.25, -0.2) is 4.39 Å². The molecule has 11 heteroatoms. The van der Waals surface area contributed by atoms with E-state index in [9.17, 15) is 27.4 Å². The molecular formula is C17H15FN2O6S2. The molecule has 4 rings (SSSR count). The summed E-state index contributed by atoms with van der Waals surface area (Å²) in [6.45, 7) is 0. The van der Waals surface area contributed by atoms with Gasteiger partial charge in [-0.15, -0.1) is 0 Å². The number of nitrogens with one attached hydrogen (secondary N) is 1. The fourth-order valence-corrected chi connectivity index (χ4v) is 7.51. The first-order valence-electron chi connectivity index (χ1n) is 7.83. The van der Waals surface area contributed by atoms with E-state index in [1.807, 2.05) is 0 Å². The maximum Gasteiger partial charge on any atom is 0.291 e. The molecule has 1 aliphatic rings. The van der Waals surface area contributed by atoms with Gasteiger partial charge in [-0.2, -0.15) is 3.71 Å². The van der Waals surface area contributed by atoms with Crippen molar-refractivity contribution in [2.45, 2.75) is 9.79 Å². The molecular weight excluding hydrogens is 411 g/mol. The molecule has 2 heterocycles. The predicted molar refractivity (Wildman–Crippen MR) is 104 cm³/mol. The van der Waals surface area contributed by atoms with Crippen LogP contribution in [0.2, 0.25) is 0 Å². The van der Waals surface area contributed by atoms with Crippen molar-refractivity contribution in [3.8, 4) is 0 Å². The fourth-order valence-electron chi connectivity index (χ4n) is 2.83. The van der Waals surface area contributed by atoms with Crippen LogP contribution in [0.25, 0.3) is 0 Å². The Bertz CT molecular complexity index is 1020. The number of amides is 1. The van der Waals surface area contributed by atoms with Crippen molar-refractivity contribution >= 4 is 38.8 Å². The SMILES string of the molecule is O=C(Nc1ccc(N2S(O)(O)c3ccccc3S2(O)O)cc1F)c1ccco1. The van der Waals surface area contributed by atoms with Crippen molar-refractivity contribution in [3.05, 3.63) is 72.4 Å². The van der Waals surface area contributed by atoms with Crippen molar-refractivity contribution in [1.82, 2.24) is 0 Å². The fraction of sp³-hybridized carbons (Fsp3) is 0. The summed E-state index contributed by atoms with van der Waals surface area (Å²) in [6, 6.07) is 12.0. The van der Waals surface area contributed by atoms with E-state index in [1.165, 1.54) is 54.8 Å². The monoisotopic (exact) mass is 426 g/mol. The van der Waals surface area contributed by atoms with Crippen LogP contribution in [0, 0.1) is 5.82 Å². The summed E-state index contributed by atoms with van der Waals surface area (Å²) in [7, 11) is -7.59. The Morgan fingerprint density at radius 1 is 0.964 bits per heavy atom. The summed E-state index contributed by atoms with van der Waals surface area (Å²) in [5.41, 5.74) is -0.348. The zero-order valence-electron chi connectivity index (χ0n) is 14.0. The topological polar surface area (TPSA) is 126 Å². The number of benzene rings is 2. The molecule has 0 saturated carbocycles. The molecule has 0 radical (unpaired) electrons. The Morgan fingerprint density at radius 3 is 2.14 bits per heavy atom. The molecule has 0 spiro atoms. The van der Waals surface area contributed by atoms with E-state index in [2.05, 4.69) is 5.32 Å². The van der Waals surface area contributed by atoms with Gasteiger partial charge in [0.2, 0.25) is 0 Å². The van der Waals surface area contributed by atoms with Gasteiger partial charge in [0, 0.05) is 6.07 Å². The minimum absolute atomic E-state index is 0.0122. The highest BCUT2D eigenvalue weighted by atomic mass is 32.4. The van der Waals surface area contributed by atoms with E-state index >= 15 is 0 Å². The lowest BCUT2D eigenvalue weighted by Crippen LogP contribution is -2.25. The van der Waals surface area contributed by atoms with E-state index in [4.69, 9.17) is 4.42 Å². The number of hydrogen-bond acceptors (Lipinski definition) is 7. The van der Waals surface area contributed by atoms with Gasteiger partial charge in [-0.3, -0.25) is 23.0 Å². The standard InChI is InChI=1S/C17H15FN2O6S2/c18-12-10-11(7-8-13(12)19-17(21)14-4-3-9-26-14)20-27(22,23)15-5-1-2-6-16(15)28(20,24)25/h1-10,22-25H,(H,19,21). The molecule has 2 aromatic carbocycles. The lowest BCUT2D eigenvalue weighted by Gasteiger charge is -2.45. The van der Waals surface area contributed by atoms with Crippen LogP contribution in [0.1, 0.15) is 10.6 Å². The third-order valence-corrected chi connectivity index (χ3v) is 8.67. The first kappa shape index (κ1) is 18.8. The molecule has 3 aromatic rings. The first-order chi connectivity index (χ1) is 13.2. The van der Waals surface area contributed by atoms with Crippen molar-refractivity contribution in [2.24, 2.45) is 0 Å². The molecule has 0 fully saturated rings. The number of fused-ring (bicyclic) bond motifs is 1. The summed E-state index contributed by atoms with van der Waals surface area (Å²) in [5, 5.41) is 2.33. The van der Waals surface area contributed by atoms with Gasteiger partial charge in [0.25, 0.3) is 5.91 Å². The Hall–Kier alpha value is -2.54. The second kappa shape index (κ2) is 6.51. The lowest BCUT2D eigenvalue weighted by molar-refractivity contribution is 0.0996. The quantitative estimate of drug-likeness (QED) is 0.388. The Morgan fingerprint density at radius 2 is 1.61 bits per heavy atom. The highest BCUT2D eigenvalue weighted by molar-refractivity contribution is 8.44. The number of halogens is 1. The van der Waals surface area contributed by atoms with Gasteiger partial charge in [0.15, 0.2) is 5.76 Å². The summed E-state index contributed by atoms with van der Waals surface area (Å²) in [5.74, 6) is -1.58. The van der Waals surface area contributed by atoms with Crippen LogP contribution in [0.4, 0.5) is 15.8 Å². The third-order valence-electron chi connectivity index (χ3n) is 4.06. The number of carbonyl (C=O) groups is 1. The van der Waals surface area contributed by atoms with Crippen LogP contribution in [-0.2, 0) is 0 Å². The van der Waals surface area contributed by atoms with Crippen LogP contribution >= 0.6 is 21.6 Å². The number of rotatable bonds is 3. The smallest absolute Gasteiger partial charge is 0.291 e. The van der Waals surface area contributed by atoms with Crippen molar-refractivity contribution in [1.29, 1.82) is 0 Å². The number of carbonyl (C=O) groups excluding carboxylic acids is 1.